The number of nitrogens with zero attached hydrogens (tertiary/aromatic N) is 2. The van der Waals surface area contributed by atoms with Crippen molar-refractivity contribution in [1.82, 2.24) is 15.2 Å². The molecule has 2 saturated heterocycles. The van der Waals surface area contributed by atoms with Gasteiger partial charge in [0, 0.05) is 12.7 Å². The molecule has 33 heavy (non-hydrogen) atoms. The Labute approximate surface area is 192 Å². The summed E-state index contributed by atoms with van der Waals surface area (Å²) in [6.45, 7) is -0.722. The fourth-order valence-corrected chi connectivity index (χ4v) is 7.75. The lowest BCUT2D eigenvalue weighted by molar-refractivity contribution is -0.138. The first-order valence-electron chi connectivity index (χ1n) is 11.1. The van der Waals surface area contributed by atoms with E-state index in [-0.39, 0.29) is 13.0 Å². The van der Waals surface area contributed by atoms with Crippen LogP contribution in [0, 0.1) is 12.3 Å². The number of amides is 2. The highest BCUT2D eigenvalue weighted by atomic mass is 32.2. The monoisotopic (exact) mass is 475 g/mol. The number of carbonyl (C=O) groups excluding carboxylic acids is 4. The van der Waals surface area contributed by atoms with E-state index in [0.717, 1.165) is 37.0 Å². The van der Waals surface area contributed by atoms with Crippen LogP contribution in [0.4, 0.5) is 0 Å². The van der Waals surface area contributed by atoms with Gasteiger partial charge < -0.3 is 10.6 Å². The fourth-order valence-electron chi connectivity index (χ4n) is 5.51. The second-order valence-electron chi connectivity index (χ2n) is 8.88. The molecule has 2 unspecified atom stereocenters. The van der Waals surface area contributed by atoms with Gasteiger partial charge in [-0.3, -0.25) is 29.5 Å². The first-order chi connectivity index (χ1) is 15.7. The number of sulfone groups is 1. The molecule has 0 bridgehead atoms. The summed E-state index contributed by atoms with van der Waals surface area (Å²) in [7, 11) is -5.11. The van der Waals surface area contributed by atoms with E-state index in [1.165, 1.54) is 30.8 Å². The average molecular weight is 476 g/mol. The summed E-state index contributed by atoms with van der Waals surface area (Å²) < 4.78 is 27.6. The Balaban J connectivity index is 1.76. The number of fused-ring (bicyclic) bond motifs is 1. The van der Waals surface area contributed by atoms with E-state index in [1.807, 2.05) is 0 Å². The summed E-state index contributed by atoms with van der Waals surface area (Å²) in [5, 5.41) is 1.21. The largest absolute Gasteiger partial charge is 0.368 e. The number of primary amides is 1. The molecule has 11 heteroatoms. The third kappa shape index (κ3) is 3.40. The van der Waals surface area contributed by atoms with E-state index in [9.17, 15) is 27.6 Å². The minimum Gasteiger partial charge on any atom is -0.368 e. The third-order valence-electron chi connectivity index (χ3n) is 7.14. The average Bonchev–Trinajstić information content (AvgIpc) is 3.34. The van der Waals surface area contributed by atoms with Crippen LogP contribution in [0.3, 0.4) is 0 Å². The van der Waals surface area contributed by atoms with Crippen LogP contribution in [0.2, 0.25) is 0 Å². The van der Waals surface area contributed by atoms with Gasteiger partial charge in [-0.1, -0.05) is 38.2 Å². The molecule has 3 aliphatic rings. The number of nitrogens with one attached hydrogen (secondary N) is 1. The van der Waals surface area contributed by atoms with Gasteiger partial charge in [0.05, 0.1) is 13.0 Å². The second kappa shape index (κ2) is 8.60. The Morgan fingerprint density at radius 3 is 2.58 bits per heavy atom. The first kappa shape index (κ1) is 23.5. The molecule has 3 fully saturated rings. The standard InChI is InChI=1S/C22H27N4O6S/c23-20(30)21-11-13-26(18(28)10-9-15-6-2-1-3-7-15)22(21,17(27)14-25-21)33(31,32)19(29)16-8-4-5-12-24-16/h4-5,8,10,12,15,25H,1-3,6-7,9,11,13-14H2,(H2,23,30). The van der Waals surface area contributed by atoms with Crippen molar-refractivity contribution in [3.05, 3.63) is 36.5 Å². The van der Waals surface area contributed by atoms with Gasteiger partial charge in [0.2, 0.25) is 16.7 Å². The molecule has 2 amide bonds. The maximum atomic E-state index is 13.8. The van der Waals surface area contributed by atoms with Gasteiger partial charge in [-0.05, 0) is 30.9 Å². The Morgan fingerprint density at radius 1 is 1.21 bits per heavy atom. The second-order valence-corrected chi connectivity index (χ2v) is 10.8. The Hall–Kier alpha value is -2.66. The van der Waals surface area contributed by atoms with Gasteiger partial charge in [-0.2, -0.15) is 0 Å². The Bertz CT molecular complexity index is 1090. The fraction of sp³-hybridized carbons (Fsp3) is 0.545. The van der Waals surface area contributed by atoms with Crippen molar-refractivity contribution in [2.45, 2.75) is 55.4 Å². The van der Waals surface area contributed by atoms with Gasteiger partial charge in [-0.25, -0.2) is 8.42 Å². The van der Waals surface area contributed by atoms with Gasteiger partial charge in [0.1, 0.15) is 11.2 Å². The minimum atomic E-state index is -5.11. The zero-order valence-corrected chi connectivity index (χ0v) is 19.0. The Morgan fingerprint density at radius 2 is 1.94 bits per heavy atom. The van der Waals surface area contributed by atoms with Crippen molar-refractivity contribution in [1.29, 1.82) is 0 Å². The van der Waals surface area contributed by atoms with Crippen molar-refractivity contribution in [3.63, 3.8) is 0 Å². The van der Waals surface area contributed by atoms with E-state index < -0.39 is 55.2 Å². The molecule has 0 spiro atoms. The van der Waals surface area contributed by atoms with E-state index >= 15 is 0 Å². The minimum absolute atomic E-state index is 0.203. The number of likely N-dealkylation sites (tertiary alicyclic amines) is 1. The highest BCUT2D eigenvalue weighted by Gasteiger charge is 2.79. The van der Waals surface area contributed by atoms with Gasteiger partial charge in [-0.15, -0.1) is 0 Å². The zero-order valence-electron chi connectivity index (χ0n) is 18.2. The van der Waals surface area contributed by atoms with Crippen LogP contribution in [-0.2, 0) is 24.2 Å². The number of nitrogens with two attached hydrogens (primary N) is 1. The highest BCUT2D eigenvalue weighted by Crippen LogP contribution is 2.48. The van der Waals surface area contributed by atoms with Crippen LogP contribution in [0.1, 0.15) is 55.4 Å². The molecule has 4 rings (SSSR count). The number of hydrogen-bond acceptors (Lipinski definition) is 8. The highest BCUT2D eigenvalue weighted by molar-refractivity contribution is 8.08. The number of aromatic nitrogens is 1. The zero-order chi connectivity index (χ0) is 23.9. The molecular formula is C22H27N4O6S. The number of rotatable bonds is 6. The van der Waals surface area contributed by atoms with Crippen molar-refractivity contribution < 1.29 is 27.6 Å². The number of Topliss-reactive ketones (excluding diaryl/α,β-unsaturated/α-hetero) is 1. The number of hydrogen-bond donors (Lipinski definition) is 2. The van der Waals surface area contributed by atoms with E-state index in [4.69, 9.17) is 5.73 Å². The molecule has 0 aromatic carbocycles. The molecule has 177 valence electrons. The maximum Gasteiger partial charge on any atom is 0.297 e. The summed E-state index contributed by atoms with van der Waals surface area (Å²) in [6, 6.07) is 4.13. The lowest BCUT2D eigenvalue weighted by atomic mass is 9.86. The topological polar surface area (TPSA) is 157 Å². The van der Waals surface area contributed by atoms with Crippen molar-refractivity contribution in [3.8, 4) is 0 Å². The smallest absolute Gasteiger partial charge is 0.297 e. The number of carbonyl (C=O) groups is 4. The third-order valence-corrected chi connectivity index (χ3v) is 9.41. The lowest BCUT2D eigenvalue weighted by Crippen LogP contribution is -2.72. The lowest BCUT2D eigenvalue weighted by Gasteiger charge is -2.39. The molecule has 1 aromatic rings. The molecule has 10 nitrogen and oxygen atoms in total. The quantitative estimate of drug-likeness (QED) is 0.588. The molecule has 3 N–H and O–H groups in total. The maximum absolute atomic E-state index is 13.8. The molecule has 1 saturated carbocycles. The van der Waals surface area contributed by atoms with E-state index in [1.54, 1.807) is 0 Å². The van der Waals surface area contributed by atoms with Crippen LogP contribution in [0.15, 0.2) is 24.4 Å². The van der Waals surface area contributed by atoms with E-state index in [0.29, 0.717) is 12.3 Å². The summed E-state index contributed by atoms with van der Waals surface area (Å²) in [5.74, 6) is -2.46. The van der Waals surface area contributed by atoms with Crippen LogP contribution in [-0.4, -0.2) is 64.5 Å². The summed E-state index contributed by atoms with van der Waals surface area (Å²) >= 11 is 0. The summed E-state index contributed by atoms with van der Waals surface area (Å²) in [6.07, 6.45) is 8.08. The Kier molecular flexibility index (Phi) is 6.12. The SMILES string of the molecule is NC(=O)C12CCN(C(=O)[CH]CC3CCCCC3)C1(S(=O)(=O)C(=O)c1ccccn1)C(=O)CN2. The van der Waals surface area contributed by atoms with Crippen LogP contribution in [0.5, 0.6) is 0 Å². The van der Waals surface area contributed by atoms with E-state index in [2.05, 4.69) is 10.3 Å². The van der Waals surface area contributed by atoms with Crippen molar-refractivity contribution >= 4 is 32.6 Å². The molecule has 2 atom stereocenters. The molecular weight excluding hydrogens is 448 g/mol. The normalized spacial score (nSPS) is 28.0. The van der Waals surface area contributed by atoms with Crippen LogP contribution >= 0.6 is 0 Å². The van der Waals surface area contributed by atoms with Crippen molar-refractivity contribution in [2.75, 3.05) is 13.1 Å². The molecule has 3 heterocycles. The first-order valence-corrected chi connectivity index (χ1v) is 12.6. The van der Waals surface area contributed by atoms with Crippen LogP contribution < -0.4 is 11.1 Å². The predicted octanol–water partition coefficient (Wildman–Crippen LogP) is 0.136. The van der Waals surface area contributed by atoms with Gasteiger partial charge in [0.25, 0.3) is 15.0 Å². The molecule has 1 radical (unpaired) electrons. The number of pyridine rings is 1. The molecule has 2 aliphatic heterocycles. The predicted molar refractivity (Wildman–Crippen MR) is 117 cm³/mol. The summed E-state index contributed by atoms with van der Waals surface area (Å²) in [4.78, 5) is 54.2. The summed E-state index contributed by atoms with van der Waals surface area (Å²) in [5.41, 5.74) is 3.11. The van der Waals surface area contributed by atoms with Crippen LogP contribution in [0.25, 0.3) is 0 Å². The number of ketones is 1. The molecule has 1 aliphatic carbocycles. The van der Waals surface area contributed by atoms with Gasteiger partial charge >= 0.3 is 0 Å². The van der Waals surface area contributed by atoms with Crippen molar-refractivity contribution in [2.24, 2.45) is 11.7 Å². The molecule has 1 aromatic heterocycles. The van der Waals surface area contributed by atoms with Gasteiger partial charge in [0.15, 0.2) is 5.78 Å².